The molecule has 1 aliphatic carbocycles. The molecule has 1 saturated heterocycles. The fourth-order valence-electron chi connectivity index (χ4n) is 2.68. The van der Waals surface area contributed by atoms with E-state index in [9.17, 15) is 0 Å². The highest BCUT2D eigenvalue weighted by molar-refractivity contribution is 6.30. The van der Waals surface area contributed by atoms with Gasteiger partial charge in [0.15, 0.2) is 0 Å². The van der Waals surface area contributed by atoms with Crippen LogP contribution in [0.25, 0.3) is 0 Å². The maximum Gasteiger partial charge on any atom is 0.0406 e. The third-order valence-corrected chi connectivity index (χ3v) is 3.82. The Kier molecular flexibility index (Phi) is 2.45. The van der Waals surface area contributed by atoms with Crippen LogP contribution in [0.3, 0.4) is 0 Å². The van der Waals surface area contributed by atoms with Crippen molar-refractivity contribution in [1.82, 2.24) is 4.90 Å². The van der Waals surface area contributed by atoms with E-state index < -0.39 is 0 Å². The van der Waals surface area contributed by atoms with E-state index in [-0.39, 0.29) is 0 Å². The smallest absolute Gasteiger partial charge is 0.0406 e. The quantitative estimate of drug-likeness (QED) is 0.737. The fraction of sp³-hybridized carbons (Fsp3) is 0.538. The summed E-state index contributed by atoms with van der Waals surface area (Å²) in [6, 6.07) is 9.95. The Morgan fingerprint density at radius 3 is 2.47 bits per heavy atom. The third kappa shape index (κ3) is 1.91. The van der Waals surface area contributed by atoms with Gasteiger partial charge in [-0.3, -0.25) is 4.90 Å². The molecule has 0 N–H and O–H groups in total. The standard InChI is InChI=1S/C13H16ClN/c14-11-5-3-10(4-6-11)13-2-1-9-15(13)12-7-8-12/h3-6,12-13H,1-2,7-9H2. The molecule has 0 spiro atoms. The Labute approximate surface area is 96.0 Å². The van der Waals surface area contributed by atoms with Crippen LogP contribution in [-0.2, 0) is 0 Å². The van der Waals surface area contributed by atoms with Crippen molar-refractivity contribution in [1.29, 1.82) is 0 Å². The topological polar surface area (TPSA) is 3.24 Å². The van der Waals surface area contributed by atoms with E-state index >= 15 is 0 Å². The van der Waals surface area contributed by atoms with E-state index in [0.717, 1.165) is 11.1 Å². The highest BCUT2D eigenvalue weighted by Crippen LogP contribution is 2.40. The lowest BCUT2D eigenvalue weighted by Gasteiger charge is -2.24. The molecule has 0 radical (unpaired) electrons. The highest BCUT2D eigenvalue weighted by Gasteiger charge is 2.37. The maximum atomic E-state index is 5.92. The van der Waals surface area contributed by atoms with Crippen LogP contribution in [0.2, 0.25) is 5.02 Å². The van der Waals surface area contributed by atoms with Crippen molar-refractivity contribution in [3.05, 3.63) is 34.9 Å². The van der Waals surface area contributed by atoms with Crippen LogP contribution in [0.1, 0.15) is 37.3 Å². The van der Waals surface area contributed by atoms with Crippen LogP contribution in [0.15, 0.2) is 24.3 Å². The first-order chi connectivity index (χ1) is 7.34. The molecule has 1 unspecified atom stereocenters. The summed E-state index contributed by atoms with van der Waals surface area (Å²) in [6.07, 6.45) is 5.48. The number of likely N-dealkylation sites (tertiary alicyclic amines) is 1. The zero-order chi connectivity index (χ0) is 10.3. The van der Waals surface area contributed by atoms with Gasteiger partial charge in [0.2, 0.25) is 0 Å². The van der Waals surface area contributed by atoms with Gasteiger partial charge < -0.3 is 0 Å². The zero-order valence-corrected chi connectivity index (χ0v) is 9.58. The van der Waals surface area contributed by atoms with E-state index in [4.69, 9.17) is 11.6 Å². The molecule has 1 atom stereocenters. The second kappa shape index (κ2) is 3.80. The summed E-state index contributed by atoms with van der Waals surface area (Å²) in [6.45, 7) is 1.29. The third-order valence-electron chi connectivity index (χ3n) is 3.56. The first-order valence-electron chi connectivity index (χ1n) is 5.86. The van der Waals surface area contributed by atoms with Crippen LogP contribution in [0, 0.1) is 0 Å². The van der Waals surface area contributed by atoms with Gasteiger partial charge in [0.05, 0.1) is 0 Å². The largest absolute Gasteiger partial charge is 0.293 e. The maximum absolute atomic E-state index is 5.92. The van der Waals surface area contributed by atoms with Gasteiger partial charge in [-0.05, 0) is 49.9 Å². The van der Waals surface area contributed by atoms with Gasteiger partial charge in [0.1, 0.15) is 0 Å². The average molecular weight is 222 g/mol. The van der Waals surface area contributed by atoms with Crippen molar-refractivity contribution >= 4 is 11.6 Å². The molecule has 15 heavy (non-hydrogen) atoms. The molecule has 0 bridgehead atoms. The Morgan fingerprint density at radius 2 is 1.80 bits per heavy atom. The van der Waals surface area contributed by atoms with Crippen LogP contribution >= 0.6 is 11.6 Å². The first kappa shape index (κ1) is 9.68. The van der Waals surface area contributed by atoms with E-state index in [0.29, 0.717) is 6.04 Å². The number of benzene rings is 1. The minimum absolute atomic E-state index is 0.662. The number of halogens is 1. The molecule has 1 aromatic rings. The summed E-state index contributed by atoms with van der Waals surface area (Å²) in [5.41, 5.74) is 1.45. The van der Waals surface area contributed by atoms with E-state index in [1.807, 2.05) is 12.1 Å². The molecule has 1 heterocycles. The van der Waals surface area contributed by atoms with Gasteiger partial charge in [-0.25, -0.2) is 0 Å². The van der Waals surface area contributed by atoms with Gasteiger partial charge in [-0.1, -0.05) is 23.7 Å². The molecule has 1 aliphatic heterocycles. The average Bonchev–Trinajstić information content (AvgIpc) is 2.98. The second-order valence-corrected chi connectivity index (χ2v) is 5.12. The van der Waals surface area contributed by atoms with Gasteiger partial charge in [0, 0.05) is 17.1 Å². The summed E-state index contributed by atoms with van der Waals surface area (Å²) in [4.78, 5) is 2.68. The van der Waals surface area contributed by atoms with Crippen LogP contribution < -0.4 is 0 Å². The Hall–Kier alpha value is -0.530. The minimum atomic E-state index is 0.662. The van der Waals surface area contributed by atoms with Gasteiger partial charge in [-0.2, -0.15) is 0 Å². The Balaban J connectivity index is 1.82. The highest BCUT2D eigenvalue weighted by atomic mass is 35.5. The van der Waals surface area contributed by atoms with Crippen molar-refractivity contribution in [2.45, 2.75) is 37.8 Å². The lowest BCUT2D eigenvalue weighted by molar-refractivity contribution is 0.246. The number of hydrogen-bond acceptors (Lipinski definition) is 1. The predicted octanol–water partition coefficient (Wildman–Crippen LogP) is 3.64. The summed E-state index contributed by atoms with van der Waals surface area (Å²) >= 11 is 5.92. The van der Waals surface area contributed by atoms with E-state index in [2.05, 4.69) is 17.0 Å². The molecule has 2 fully saturated rings. The number of nitrogens with zero attached hydrogens (tertiary/aromatic N) is 1. The monoisotopic (exact) mass is 221 g/mol. The first-order valence-corrected chi connectivity index (χ1v) is 6.23. The molecule has 1 saturated carbocycles. The molecule has 2 aliphatic rings. The lowest BCUT2D eigenvalue weighted by atomic mass is 10.0. The molecule has 0 amide bonds. The van der Waals surface area contributed by atoms with Crippen molar-refractivity contribution in [2.24, 2.45) is 0 Å². The van der Waals surface area contributed by atoms with E-state index in [1.54, 1.807) is 0 Å². The van der Waals surface area contributed by atoms with Crippen LogP contribution in [0.4, 0.5) is 0 Å². The normalized spacial score (nSPS) is 27.1. The van der Waals surface area contributed by atoms with Crippen LogP contribution in [-0.4, -0.2) is 17.5 Å². The Bertz CT molecular complexity index is 342. The van der Waals surface area contributed by atoms with Crippen molar-refractivity contribution in [3.63, 3.8) is 0 Å². The van der Waals surface area contributed by atoms with Gasteiger partial charge >= 0.3 is 0 Å². The van der Waals surface area contributed by atoms with Crippen molar-refractivity contribution in [2.75, 3.05) is 6.54 Å². The molecular weight excluding hydrogens is 206 g/mol. The van der Waals surface area contributed by atoms with Crippen molar-refractivity contribution < 1.29 is 0 Å². The van der Waals surface area contributed by atoms with Crippen LogP contribution in [0.5, 0.6) is 0 Å². The van der Waals surface area contributed by atoms with Gasteiger partial charge in [-0.15, -0.1) is 0 Å². The Morgan fingerprint density at radius 1 is 1.07 bits per heavy atom. The molecule has 2 heteroatoms. The molecule has 1 aromatic carbocycles. The fourth-order valence-corrected chi connectivity index (χ4v) is 2.80. The summed E-state index contributed by atoms with van der Waals surface area (Å²) in [5, 5.41) is 0.842. The summed E-state index contributed by atoms with van der Waals surface area (Å²) in [7, 11) is 0. The zero-order valence-electron chi connectivity index (χ0n) is 8.82. The molecular formula is C13H16ClN. The second-order valence-electron chi connectivity index (χ2n) is 4.68. The molecule has 3 rings (SSSR count). The predicted molar refractivity (Wildman–Crippen MR) is 63.2 cm³/mol. The summed E-state index contributed by atoms with van der Waals surface area (Å²) < 4.78 is 0. The van der Waals surface area contributed by atoms with Crippen molar-refractivity contribution in [3.8, 4) is 0 Å². The number of hydrogen-bond donors (Lipinski definition) is 0. The van der Waals surface area contributed by atoms with E-state index in [1.165, 1.54) is 37.8 Å². The SMILES string of the molecule is Clc1ccc(C2CCCN2C2CC2)cc1. The lowest BCUT2D eigenvalue weighted by Crippen LogP contribution is -2.25. The van der Waals surface area contributed by atoms with Gasteiger partial charge in [0.25, 0.3) is 0 Å². The summed E-state index contributed by atoms with van der Waals surface area (Å²) in [5.74, 6) is 0. The number of rotatable bonds is 2. The molecule has 0 aromatic heterocycles. The molecule has 1 nitrogen and oxygen atoms in total. The molecule has 80 valence electrons. The minimum Gasteiger partial charge on any atom is -0.293 e.